The summed E-state index contributed by atoms with van der Waals surface area (Å²) in [6.07, 6.45) is 5.09. The summed E-state index contributed by atoms with van der Waals surface area (Å²) < 4.78 is 4.85. The minimum atomic E-state index is -0.943. The van der Waals surface area contributed by atoms with E-state index in [1.165, 1.54) is 13.4 Å². The summed E-state index contributed by atoms with van der Waals surface area (Å²) in [7, 11) is 1.28. The SMILES string of the molecule is COC(=O)C(NC(=O)C(N)Cc1cnc[nH]1)c1c[nH]c2ccccc12. The summed E-state index contributed by atoms with van der Waals surface area (Å²) in [5.41, 5.74) is 8.18. The molecule has 3 rings (SSSR count). The second-order valence-electron chi connectivity index (χ2n) is 5.64. The van der Waals surface area contributed by atoms with Crippen LogP contribution < -0.4 is 11.1 Å². The highest BCUT2D eigenvalue weighted by molar-refractivity contribution is 5.93. The molecule has 1 aromatic carbocycles. The third-order valence-electron chi connectivity index (χ3n) is 3.99. The molecule has 0 saturated carbocycles. The Hall–Kier alpha value is -3.13. The van der Waals surface area contributed by atoms with E-state index < -0.39 is 24.0 Å². The summed E-state index contributed by atoms with van der Waals surface area (Å²) in [6, 6.07) is 5.74. The first-order valence-corrected chi connectivity index (χ1v) is 7.77. The van der Waals surface area contributed by atoms with Crippen LogP contribution >= 0.6 is 0 Å². The van der Waals surface area contributed by atoms with Crippen molar-refractivity contribution >= 4 is 22.8 Å². The van der Waals surface area contributed by atoms with Crippen LogP contribution in [-0.2, 0) is 20.7 Å². The second kappa shape index (κ2) is 7.18. The average molecular weight is 341 g/mol. The van der Waals surface area contributed by atoms with E-state index in [1.807, 2.05) is 24.3 Å². The number of H-pyrrole nitrogens is 2. The summed E-state index contributed by atoms with van der Waals surface area (Å²) in [6.45, 7) is 0. The lowest BCUT2D eigenvalue weighted by Crippen LogP contribution is -2.45. The van der Waals surface area contributed by atoms with E-state index in [0.29, 0.717) is 5.56 Å². The number of fused-ring (bicyclic) bond motifs is 1. The molecule has 0 radical (unpaired) electrons. The number of rotatable bonds is 6. The number of carbonyl (C=O) groups excluding carboxylic acids is 2. The standard InChI is InChI=1S/C17H19N5O3/c1-25-17(24)15(12-8-20-14-5-3-2-4-11(12)14)22-16(23)13(18)6-10-7-19-9-21-10/h2-5,7-9,13,15,20H,6,18H2,1H3,(H,19,21)(H,22,23). The fraction of sp³-hybridized carbons (Fsp3) is 0.235. The third-order valence-corrected chi connectivity index (χ3v) is 3.99. The first-order chi connectivity index (χ1) is 12.1. The van der Waals surface area contributed by atoms with Gasteiger partial charge in [0.15, 0.2) is 6.04 Å². The summed E-state index contributed by atoms with van der Waals surface area (Å²) in [5, 5.41) is 3.52. The lowest BCUT2D eigenvalue weighted by molar-refractivity contribution is -0.145. The van der Waals surface area contributed by atoms with E-state index in [1.54, 1.807) is 12.4 Å². The molecule has 0 aliphatic heterocycles. The number of ether oxygens (including phenoxy) is 1. The van der Waals surface area contributed by atoms with Crippen molar-refractivity contribution in [3.63, 3.8) is 0 Å². The lowest BCUT2D eigenvalue weighted by Gasteiger charge is -2.19. The highest BCUT2D eigenvalue weighted by Gasteiger charge is 2.28. The third kappa shape index (κ3) is 3.53. The number of nitrogens with zero attached hydrogens (tertiary/aromatic N) is 1. The van der Waals surface area contributed by atoms with Gasteiger partial charge in [0.2, 0.25) is 5.91 Å². The van der Waals surface area contributed by atoms with Crippen molar-refractivity contribution in [1.82, 2.24) is 20.3 Å². The van der Waals surface area contributed by atoms with Crippen LogP contribution in [0.25, 0.3) is 10.9 Å². The fourth-order valence-electron chi connectivity index (χ4n) is 2.69. The first kappa shape index (κ1) is 16.7. The van der Waals surface area contributed by atoms with Crippen LogP contribution in [0, 0.1) is 0 Å². The van der Waals surface area contributed by atoms with E-state index in [9.17, 15) is 9.59 Å². The van der Waals surface area contributed by atoms with Crippen molar-refractivity contribution in [3.05, 3.63) is 54.2 Å². The molecule has 0 aliphatic carbocycles. The molecule has 0 saturated heterocycles. The number of imidazole rings is 1. The number of aromatic nitrogens is 3. The number of carbonyl (C=O) groups is 2. The maximum Gasteiger partial charge on any atom is 0.333 e. The van der Waals surface area contributed by atoms with Crippen molar-refractivity contribution in [2.75, 3.05) is 7.11 Å². The van der Waals surface area contributed by atoms with Gasteiger partial charge >= 0.3 is 5.97 Å². The van der Waals surface area contributed by atoms with Crippen molar-refractivity contribution < 1.29 is 14.3 Å². The van der Waals surface area contributed by atoms with Crippen molar-refractivity contribution in [1.29, 1.82) is 0 Å². The lowest BCUT2D eigenvalue weighted by atomic mass is 10.0. The van der Waals surface area contributed by atoms with Crippen LogP contribution in [-0.4, -0.2) is 40.0 Å². The van der Waals surface area contributed by atoms with Crippen molar-refractivity contribution in [2.24, 2.45) is 5.73 Å². The molecule has 0 bridgehead atoms. The molecule has 2 atom stereocenters. The van der Waals surface area contributed by atoms with Gasteiger partial charge in [-0.05, 0) is 6.07 Å². The predicted octanol–water partition coefficient (Wildman–Crippen LogP) is 0.791. The number of para-hydroxylation sites is 1. The summed E-state index contributed by atoms with van der Waals surface area (Å²) in [5.74, 6) is -1.01. The molecule has 25 heavy (non-hydrogen) atoms. The molecule has 130 valence electrons. The van der Waals surface area contributed by atoms with E-state index >= 15 is 0 Å². The molecule has 2 heterocycles. The molecular formula is C17H19N5O3. The molecule has 8 nitrogen and oxygen atoms in total. The number of esters is 1. The molecule has 0 fully saturated rings. The summed E-state index contributed by atoms with van der Waals surface area (Å²) >= 11 is 0. The van der Waals surface area contributed by atoms with Gasteiger partial charge in [0.1, 0.15) is 0 Å². The quantitative estimate of drug-likeness (QED) is 0.493. The molecule has 3 aromatic rings. The van der Waals surface area contributed by atoms with Crippen LogP contribution in [0.5, 0.6) is 0 Å². The molecular weight excluding hydrogens is 322 g/mol. The Balaban J connectivity index is 1.81. The molecule has 5 N–H and O–H groups in total. The number of nitrogens with two attached hydrogens (primary N) is 1. The number of aromatic amines is 2. The van der Waals surface area contributed by atoms with Crippen LogP contribution in [0.3, 0.4) is 0 Å². The smallest absolute Gasteiger partial charge is 0.333 e. The number of amides is 1. The van der Waals surface area contributed by atoms with Gasteiger partial charge in [0.05, 0.1) is 19.5 Å². The van der Waals surface area contributed by atoms with Gasteiger partial charge in [-0.25, -0.2) is 9.78 Å². The average Bonchev–Trinajstić information content (AvgIpc) is 3.28. The topological polar surface area (TPSA) is 126 Å². The summed E-state index contributed by atoms with van der Waals surface area (Å²) in [4.78, 5) is 34.5. The highest BCUT2D eigenvalue weighted by Crippen LogP contribution is 2.25. The Morgan fingerprint density at radius 1 is 1.32 bits per heavy atom. The van der Waals surface area contributed by atoms with E-state index in [2.05, 4.69) is 20.3 Å². The Kier molecular flexibility index (Phi) is 4.80. The largest absolute Gasteiger partial charge is 0.467 e. The molecule has 1 amide bonds. The maximum atomic E-state index is 12.4. The van der Waals surface area contributed by atoms with Gasteiger partial charge in [-0.3, -0.25) is 4.79 Å². The van der Waals surface area contributed by atoms with E-state index in [0.717, 1.165) is 16.6 Å². The Bertz CT molecular complexity index is 871. The Morgan fingerprint density at radius 3 is 2.84 bits per heavy atom. The minimum Gasteiger partial charge on any atom is -0.467 e. The number of benzene rings is 1. The number of hydrogen-bond acceptors (Lipinski definition) is 5. The monoisotopic (exact) mass is 341 g/mol. The zero-order valence-electron chi connectivity index (χ0n) is 13.7. The first-order valence-electron chi connectivity index (χ1n) is 7.77. The van der Waals surface area contributed by atoms with Gasteiger partial charge in [-0.15, -0.1) is 0 Å². The zero-order valence-corrected chi connectivity index (χ0v) is 13.7. The van der Waals surface area contributed by atoms with Gasteiger partial charge in [-0.2, -0.15) is 0 Å². The van der Waals surface area contributed by atoms with Crippen LogP contribution in [0.15, 0.2) is 43.0 Å². The van der Waals surface area contributed by atoms with Crippen LogP contribution in [0.1, 0.15) is 17.3 Å². The Morgan fingerprint density at radius 2 is 2.12 bits per heavy atom. The minimum absolute atomic E-state index is 0.285. The fourth-order valence-corrected chi connectivity index (χ4v) is 2.69. The van der Waals surface area contributed by atoms with E-state index in [4.69, 9.17) is 10.5 Å². The second-order valence-corrected chi connectivity index (χ2v) is 5.64. The maximum absolute atomic E-state index is 12.4. The van der Waals surface area contributed by atoms with Gasteiger partial charge in [-0.1, -0.05) is 18.2 Å². The molecule has 0 aliphatic rings. The van der Waals surface area contributed by atoms with Crippen LogP contribution in [0.2, 0.25) is 0 Å². The van der Waals surface area contributed by atoms with Crippen molar-refractivity contribution in [3.8, 4) is 0 Å². The van der Waals surface area contributed by atoms with E-state index in [-0.39, 0.29) is 6.42 Å². The normalized spacial score (nSPS) is 13.4. The Labute approximate surface area is 143 Å². The molecule has 2 aromatic heterocycles. The zero-order chi connectivity index (χ0) is 17.8. The number of nitrogens with one attached hydrogen (secondary N) is 3. The number of hydrogen-bond donors (Lipinski definition) is 4. The van der Waals surface area contributed by atoms with Gasteiger partial charge < -0.3 is 25.8 Å². The van der Waals surface area contributed by atoms with Crippen molar-refractivity contribution in [2.45, 2.75) is 18.5 Å². The molecule has 2 unspecified atom stereocenters. The molecule has 0 spiro atoms. The number of methoxy groups -OCH3 is 1. The predicted molar refractivity (Wildman–Crippen MR) is 91.5 cm³/mol. The molecule has 8 heteroatoms. The van der Waals surface area contributed by atoms with Gasteiger partial charge in [0.25, 0.3) is 0 Å². The van der Waals surface area contributed by atoms with Gasteiger partial charge in [0, 0.05) is 41.0 Å². The van der Waals surface area contributed by atoms with Crippen LogP contribution in [0.4, 0.5) is 0 Å². The highest BCUT2D eigenvalue weighted by atomic mass is 16.5.